The number of amides is 1. The number of benzene rings is 1. The van der Waals surface area contributed by atoms with Crippen LogP contribution in [0.5, 0.6) is 11.5 Å². The molecule has 1 aliphatic carbocycles. The van der Waals surface area contributed by atoms with Gasteiger partial charge in [0.05, 0.1) is 19.8 Å². The normalized spacial score (nSPS) is 15.4. The van der Waals surface area contributed by atoms with Gasteiger partial charge >= 0.3 is 0 Å². The molecule has 1 amide bonds. The van der Waals surface area contributed by atoms with Crippen LogP contribution in [0.2, 0.25) is 0 Å². The summed E-state index contributed by atoms with van der Waals surface area (Å²) < 4.78 is 10.4. The molecule has 0 bridgehead atoms. The van der Waals surface area contributed by atoms with Gasteiger partial charge in [0, 0.05) is 16.5 Å². The van der Waals surface area contributed by atoms with Gasteiger partial charge in [-0.05, 0) is 60.5 Å². The third-order valence-electron chi connectivity index (χ3n) is 5.67. The molecule has 1 heterocycles. The van der Waals surface area contributed by atoms with Crippen LogP contribution in [0.3, 0.4) is 0 Å². The summed E-state index contributed by atoms with van der Waals surface area (Å²) >= 11 is 6.91. The third-order valence-corrected chi connectivity index (χ3v) is 7.04. The number of thiophene rings is 1. The zero-order valence-corrected chi connectivity index (χ0v) is 20.1. The summed E-state index contributed by atoms with van der Waals surface area (Å²) in [5, 5.41) is 16.3. The smallest absolute Gasteiger partial charge is 0.257 e. The van der Waals surface area contributed by atoms with E-state index in [1.165, 1.54) is 19.1 Å². The highest BCUT2D eigenvalue weighted by molar-refractivity contribution is 7.80. The highest BCUT2D eigenvalue weighted by Gasteiger charge is 2.32. The van der Waals surface area contributed by atoms with Crippen molar-refractivity contribution >= 4 is 39.6 Å². The molecule has 1 aromatic heterocycles. The van der Waals surface area contributed by atoms with E-state index in [2.05, 4.69) is 37.5 Å². The first-order valence-electron chi connectivity index (χ1n) is 10.1. The molecule has 6 nitrogen and oxygen atoms in total. The predicted molar refractivity (Wildman–Crippen MR) is 127 cm³/mol. The zero-order valence-electron chi connectivity index (χ0n) is 18.4. The standard InChI is InChI=1S/C23H27N3O3S2/c1-23(2,3)14-6-7-17-18(12-24)21(31-19(17)10-14)26-22(30)25-20(27)13-8-15(28-4)11-16(9-13)29-5/h8-9,11,14H,6-7,10H2,1-5H3,(H2,25,26,27,30). The molecule has 1 atom stereocenters. The van der Waals surface area contributed by atoms with Crippen LogP contribution in [-0.4, -0.2) is 25.2 Å². The Hall–Kier alpha value is -2.63. The van der Waals surface area contributed by atoms with Crippen LogP contribution in [0, 0.1) is 22.7 Å². The topological polar surface area (TPSA) is 83.4 Å². The molecule has 0 spiro atoms. The van der Waals surface area contributed by atoms with Crippen LogP contribution >= 0.6 is 23.6 Å². The van der Waals surface area contributed by atoms with Crippen molar-refractivity contribution in [2.24, 2.45) is 11.3 Å². The van der Waals surface area contributed by atoms with Crippen LogP contribution < -0.4 is 20.1 Å². The number of thiocarbonyl (C=S) groups is 1. The summed E-state index contributed by atoms with van der Waals surface area (Å²) in [4.78, 5) is 13.9. The summed E-state index contributed by atoms with van der Waals surface area (Å²) in [6.45, 7) is 6.79. The van der Waals surface area contributed by atoms with Crippen molar-refractivity contribution in [1.29, 1.82) is 5.26 Å². The number of methoxy groups -OCH3 is 2. The van der Waals surface area contributed by atoms with Gasteiger partial charge in [0.1, 0.15) is 22.6 Å². The molecule has 0 saturated heterocycles. The number of hydrogen-bond acceptors (Lipinski definition) is 6. The monoisotopic (exact) mass is 457 g/mol. The maximum Gasteiger partial charge on any atom is 0.257 e. The number of rotatable bonds is 4. The summed E-state index contributed by atoms with van der Waals surface area (Å²) in [5.74, 6) is 1.21. The average molecular weight is 458 g/mol. The van der Waals surface area contributed by atoms with Gasteiger partial charge in [-0.25, -0.2) is 0 Å². The second-order valence-corrected chi connectivity index (χ2v) is 10.1. The summed E-state index contributed by atoms with van der Waals surface area (Å²) in [5.41, 5.74) is 2.33. The van der Waals surface area contributed by atoms with Crippen molar-refractivity contribution < 1.29 is 14.3 Å². The highest BCUT2D eigenvalue weighted by Crippen LogP contribution is 2.44. The number of nitrogens with zero attached hydrogens (tertiary/aromatic N) is 1. The van der Waals surface area contributed by atoms with Crippen LogP contribution in [0.1, 0.15) is 53.6 Å². The third kappa shape index (κ3) is 5.17. The molecule has 2 aromatic rings. The number of anilines is 1. The molecule has 1 aliphatic rings. The molecule has 0 aliphatic heterocycles. The van der Waals surface area contributed by atoms with Crippen molar-refractivity contribution in [3.8, 4) is 17.6 Å². The van der Waals surface area contributed by atoms with Crippen molar-refractivity contribution in [2.75, 3.05) is 19.5 Å². The lowest BCUT2D eigenvalue weighted by molar-refractivity contribution is 0.0977. The lowest BCUT2D eigenvalue weighted by Gasteiger charge is -2.33. The Morgan fingerprint density at radius 1 is 1.23 bits per heavy atom. The molecule has 31 heavy (non-hydrogen) atoms. The predicted octanol–water partition coefficient (Wildman–Crippen LogP) is 4.91. The van der Waals surface area contributed by atoms with Crippen LogP contribution in [-0.2, 0) is 12.8 Å². The quantitative estimate of drug-likeness (QED) is 0.635. The SMILES string of the molecule is COc1cc(OC)cc(C(=O)NC(=S)Nc2sc3c(c2C#N)CCC(C(C)(C)C)C3)c1. The van der Waals surface area contributed by atoms with E-state index in [0.29, 0.717) is 33.5 Å². The summed E-state index contributed by atoms with van der Waals surface area (Å²) in [6.07, 6.45) is 2.92. The summed E-state index contributed by atoms with van der Waals surface area (Å²) in [7, 11) is 3.05. The fourth-order valence-electron chi connectivity index (χ4n) is 3.78. The molecular formula is C23H27N3O3S2. The molecule has 3 rings (SSSR count). The first-order valence-corrected chi connectivity index (χ1v) is 11.3. The van der Waals surface area contributed by atoms with E-state index in [-0.39, 0.29) is 16.4 Å². The van der Waals surface area contributed by atoms with Crippen LogP contribution in [0.15, 0.2) is 18.2 Å². The van der Waals surface area contributed by atoms with Crippen molar-refractivity contribution in [1.82, 2.24) is 5.32 Å². The maximum absolute atomic E-state index is 12.7. The number of hydrogen-bond donors (Lipinski definition) is 2. The Morgan fingerprint density at radius 3 is 2.42 bits per heavy atom. The molecule has 0 saturated carbocycles. The summed E-state index contributed by atoms with van der Waals surface area (Å²) in [6, 6.07) is 7.23. The van der Waals surface area contributed by atoms with Crippen molar-refractivity contribution in [3.63, 3.8) is 0 Å². The number of fused-ring (bicyclic) bond motifs is 1. The molecule has 1 aromatic carbocycles. The number of carbonyl (C=O) groups excluding carboxylic acids is 1. The van der Waals surface area contributed by atoms with E-state index < -0.39 is 0 Å². The van der Waals surface area contributed by atoms with E-state index in [1.54, 1.807) is 29.5 Å². The lowest BCUT2D eigenvalue weighted by atomic mass is 9.72. The molecular weight excluding hydrogens is 430 g/mol. The van der Waals surface area contributed by atoms with Crippen LogP contribution in [0.4, 0.5) is 5.00 Å². The maximum atomic E-state index is 12.7. The van der Waals surface area contributed by atoms with E-state index in [1.807, 2.05) is 0 Å². The minimum absolute atomic E-state index is 0.147. The van der Waals surface area contributed by atoms with Gasteiger partial charge in [-0.15, -0.1) is 11.3 Å². The van der Waals surface area contributed by atoms with Crippen LogP contribution in [0.25, 0.3) is 0 Å². The molecule has 2 N–H and O–H groups in total. The number of ether oxygens (including phenoxy) is 2. The molecule has 8 heteroatoms. The van der Waals surface area contributed by atoms with Crippen molar-refractivity contribution in [2.45, 2.75) is 40.0 Å². The molecule has 0 radical (unpaired) electrons. The zero-order chi connectivity index (χ0) is 22.8. The number of carbonyl (C=O) groups is 1. The fraction of sp³-hybridized carbons (Fsp3) is 0.435. The van der Waals surface area contributed by atoms with Crippen molar-refractivity contribution in [3.05, 3.63) is 39.8 Å². The first-order chi connectivity index (χ1) is 14.7. The number of nitrogens with one attached hydrogen (secondary N) is 2. The van der Waals surface area contributed by atoms with E-state index in [0.717, 1.165) is 24.8 Å². The van der Waals surface area contributed by atoms with Gasteiger partial charge in [0.2, 0.25) is 0 Å². The largest absolute Gasteiger partial charge is 0.497 e. The average Bonchev–Trinajstić information content (AvgIpc) is 3.08. The minimum atomic E-state index is -0.387. The van der Waals surface area contributed by atoms with E-state index >= 15 is 0 Å². The Bertz CT molecular complexity index is 1030. The molecule has 0 fully saturated rings. The molecule has 1 unspecified atom stereocenters. The lowest BCUT2D eigenvalue weighted by Crippen LogP contribution is -2.34. The molecule has 164 valence electrons. The van der Waals surface area contributed by atoms with Gasteiger partial charge in [-0.1, -0.05) is 20.8 Å². The van der Waals surface area contributed by atoms with E-state index in [9.17, 15) is 10.1 Å². The Labute approximate surface area is 192 Å². The Balaban J connectivity index is 1.75. The van der Waals surface area contributed by atoms with E-state index in [4.69, 9.17) is 21.7 Å². The van der Waals surface area contributed by atoms with Gasteiger partial charge in [0.25, 0.3) is 5.91 Å². The first kappa shape index (κ1) is 23.0. The van der Waals surface area contributed by atoms with Gasteiger partial charge in [-0.3, -0.25) is 10.1 Å². The van der Waals surface area contributed by atoms with Gasteiger partial charge in [-0.2, -0.15) is 5.26 Å². The number of nitriles is 1. The van der Waals surface area contributed by atoms with Gasteiger partial charge in [0.15, 0.2) is 5.11 Å². The second kappa shape index (κ2) is 9.25. The highest BCUT2D eigenvalue weighted by atomic mass is 32.1. The fourth-order valence-corrected chi connectivity index (χ4v) is 5.32. The Kier molecular flexibility index (Phi) is 6.87. The second-order valence-electron chi connectivity index (χ2n) is 8.64. The Morgan fingerprint density at radius 2 is 1.87 bits per heavy atom. The minimum Gasteiger partial charge on any atom is -0.497 e. The van der Waals surface area contributed by atoms with Gasteiger partial charge < -0.3 is 14.8 Å².